The number of hydrogen-bond acceptors (Lipinski definition) is 6. The van der Waals surface area contributed by atoms with Gasteiger partial charge in [-0.05, 0) is 49.1 Å². The smallest absolute Gasteiger partial charge is 0.407 e. The molecule has 41 heavy (non-hydrogen) atoms. The third-order valence-corrected chi connectivity index (χ3v) is 6.04. The molecule has 0 radical (unpaired) electrons. The zero-order chi connectivity index (χ0) is 30.2. The van der Waals surface area contributed by atoms with Gasteiger partial charge in [-0.15, -0.1) is 0 Å². The maximum absolute atomic E-state index is 13.1. The van der Waals surface area contributed by atoms with E-state index in [2.05, 4.69) is 25.3 Å². The van der Waals surface area contributed by atoms with Crippen molar-refractivity contribution >= 4 is 34.6 Å². The van der Waals surface area contributed by atoms with Crippen LogP contribution in [0.15, 0.2) is 53.5 Å². The van der Waals surface area contributed by atoms with E-state index in [1.807, 2.05) is 0 Å². The molecule has 11 nitrogen and oxygen atoms in total. The standard InChI is InChI=1S/C27H31F3N6O5/c1-35(2)22(37)12-5-4-9-19(33-26(40)41-3)24(38)32-20-11-7-15-36(25(20)39)16-21-31-18-10-6-8-17(23(18)34-21)13-14-27(28,29)30/h5-8,10-12,15,19H,4,9,13-14,16H2,1-3H3,(H,31,34)(H,32,38)(H,33,40)/b12-5+. The number of anilines is 1. The Hall–Kier alpha value is -4.62. The number of hydrogen-bond donors (Lipinski definition) is 3. The highest BCUT2D eigenvalue weighted by molar-refractivity contribution is 5.96. The number of para-hydroxylation sites is 1. The van der Waals surface area contributed by atoms with Gasteiger partial charge < -0.3 is 29.8 Å². The number of carbonyl (C=O) groups excluding carboxylic acids is 3. The SMILES string of the molecule is COC(=O)NC(CC/C=C/C(=O)N(C)C)C(=O)Nc1cccn(Cc2nc3c(CCC(F)(F)F)cccc3[nH]2)c1=O. The zero-order valence-electron chi connectivity index (χ0n) is 22.7. The lowest BCUT2D eigenvalue weighted by atomic mass is 10.1. The molecule has 1 atom stereocenters. The number of methoxy groups -OCH3 is 1. The van der Waals surface area contributed by atoms with Crippen LogP contribution in [0, 0.1) is 0 Å². The lowest BCUT2D eigenvalue weighted by Gasteiger charge is -2.17. The quantitative estimate of drug-likeness (QED) is 0.299. The number of likely N-dealkylation sites (N-methyl/N-ethyl adjacent to an activating group) is 1. The molecule has 0 spiro atoms. The Morgan fingerprint density at radius 3 is 2.63 bits per heavy atom. The first-order chi connectivity index (χ1) is 19.4. The fourth-order valence-electron chi connectivity index (χ4n) is 3.90. The predicted molar refractivity (Wildman–Crippen MR) is 145 cm³/mol. The number of nitrogens with one attached hydrogen (secondary N) is 3. The Bertz CT molecular complexity index is 1480. The lowest BCUT2D eigenvalue weighted by Crippen LogP contribution is -2.44. The third kappa shape index (κ3) is 8.95. The van der Waals surface area contributed by atoms with Crippen molar-refractivity contribution < 1.29 is 32.3 Å². The first-order valence-corrected chi connectivity index (χ1v) is 12.6. The summed E-state index contributed by atoms with van der Waals surface area (Å²) in [4.78, 5) is 58.4. The molecule has 2 aromatic heterocycles. The summed E-state index contributed by atoms with van der Waals surface area (Å²) in [7, 11) is 4.34. The zero-order valence-corrected chi connectivity index (χ0v) is 22.7. The molecule has 0 aliphatic heterocycles. The van der Waals surface area contributed by atoms with Crippen LogP contribution < -0.4 is 16.2 Å². The number of halogens is 3. The molecule has 0 bridgehead atoms. The molecule has 2 heterocycles. The average Bonchev–Trinajstić information content (AvgIpc) is 3.33. The molecule has 0 saturated carbocycles. The highest BCUT2D eigenvalue weighted by Crippen LogP contribution is 2.25. The number of alkyl halides is 3. The topological polar surface area (TPSA) is 138 Å². The number of aryl methyl sites for hydroxylation is 1. The number of fused-ring (bicyclic) bond motifs is 1. The van der Waals surface area contributed by atoms with Gasteiger partial charge in [0.2, 0.25) is 11.8 Å². The molecule has 220 valence electrons. The van der Waals surface area contributed by atoms with Gasteiger partial charge in [-0.25, -0.2) is 9.78 Å². The van der Waals surface area contributed by atoms with Crippen LogP contribution in [0.2, 0.25) is 0 Å². The van der Waals surface area contributed by atoms with E-state index in [9.17, 15) is 32.3 Å². The molecule has 1 unspecified atom stereocenters. The van der Waals surface area contributed by atoms with Crippen LogP contribution in [0.3, 0.4) is 0 Å². The van der Waals surface area contributed by atoms with Gasteiger partial charge in [-0.3, -0.25) is 14.4 Å². The average molecular weight is 577 g/mol. The molecule has 3 N–H and O–H groups in total. The fourth-order valence-corrected chi connectivity index (χ4v) is 3.90. The van der Waals surface area contributed by atoms with E-state index in [4.69, 9.17) is 0 Å². The summed E-state index contributed by atoms with van der Waals surface area (Å²) >= 11 is 0. The number of imidazole rings is 1. The van der Waals surface area contributed by atoms with E-state index < -0.39 is 36.2 Å². The molecular weight excluding hydrogens is 545 g/mol. The van der Waals surface area contributed by atoms with Gasteiger partial charge in [0.15, 0.2) is 0 Å². The maximum atomic E-state index is 13.1. The minimum absolute atomic E-state index is 0.0372. The van der Waals surface area contributed by atoms with Crippen molar-refractivity contribution in [3.8, 4) is 0 Å². The predicted octanol–water partition coefficient (Wildman–Crippen LogP) is 3.36. The Balaban J connectivity index is 1.75. The molecule has 0 fully saturated rings. The van der Waals surface area contributed by atoms with Gasteiger partial charge in [0.1, 0.15) is 17.6 Å². The maximum Gasteiger partial charge on any atom is 0.407 e. The second kappa shape index (κ2) is 13.6. The summed E-state index contributed by atoms with van der Waals surface area (Å²) in [6.07, 6.45) is -1.56. The van der Waals surface area contributed by atoms with Gasteiger partial charge in [0, 0.05) is 26.7 Å². The van der Waals surface area contributed by atoms with Crippen molar-refractivity contribution in [2.75, 3.05) is 26.5 Å². The Kier molecular flexibility index (Phi) is 10.3. The van der Waals surface area contributed by atoms with E-state index in [1.54, 1.807) is 38.4 Å². The Morgan fingerprint density at radius 2 is 1.95 bits per heavy atom. The highest BCUT2D eigenvalue weighted by atomic mass is 19.4. The summed E-state index contributed by atoms with van der Waals surface area (Å²) in [6.45, 7) is -0.0372. The van der Waals surface area contributed by atoms with Crippen molar-refractivity contribution in [3.63, 3.8) is 0 Å². The van der Waals surface area contributed by atoms with Crippen LogP contribution in [0.1, 0.15) is 30.7 Å². The number of carbonyl (C=O) groups is 3. The number of benzene rings is 1. The molecule has 3 aromatic rings. The monoisotopic (exact) mass is 576 g/mol. The number of aromatic amines is 1. The second-order valence-electron chi connectivity index (χ2n) is 9.36. The largest absolute Gasteiger partial charge is 0.453 e. The Labute approximate surface area is 233 Å². The number of ether oxygens (including phenoxy) is 1. The van der Waals surface area contributed by atoms with Gasteiger partial charge in [0.05, 0.1) is 24.7 Å². The number of rotatable bonds is 11. The number of nitrogens with zero attached hydrogens (tertiary/aromatic N) is 3. The van der Waals surface area contributed by atoms with Crippen molar-refractivity contribution in [1.82, 2.24) is 24.8 Å². The first-order valence-electron chi connectivity index (χ1n) is 12.6. The van der Waals surface area contributed by atoms with E-state index in [0.717, 1.165) is 7.11 Å². The molecule has 0 saturated heterocycles. The molecule has 14 heteroatoms. The summed E-state index contributed by atoms with van der Waals surface area (Å²) in [5.41, 5.74) is 0.736. The van der Waals surface area contributed by atoms with Crippen molar-refractivity contribution in [1.29, 1.82) is 0 Å². The summed E-state index contributed by atoms with van der Waals surface area (Å²) < 4.78 is 44.1. The molecule has 3 rings (SSSR count). The summed E-state index contributed by atoms with van der Waals surface area (Å²) in [5, 5.41) is 4.94. The van der Waals surface area contributed by atoms with Gasteiger partial charge in [-0.1, -0.05) is 18.2 Å². The van der Waals surface area contributed by atoms with E-state index in [1.165, 1.54) is 33.9 Å². The number of allylic oxidation sites excluding steroid dienone is 1. The summed E-state index contributed by atoms with van der Waals surface area (Å²) in [6, 6.07) is 6.76. The van der Waals surface area contributed by atoms with Gasteiger partial charge in [0.25, 0.3) is 5.56 Å². The molecule has 0 aliphatic carbocycles. The minimum atomic E-state index is -4.30. The van der Waals surface area contributed by atoms with Crippen molar-refractivity contribution in [2.24, 2.45) is 0 Å². The first kappa shape index (κ1) is 30.9. The van der Waals surface area contributed by atoms with Crippen LogP contribution in [0.5, 0.6) is 0 Å². The van der Waals surface area contributed by atoms with Crippen LogP contribution in [-0.2, 0) is 27.3 Å². The normalized spacial score (nSPS) is 12.3. The third-order valence-electron chi connectivity index (χ3n) is 6.04. The number of amides is 3. The minimum Gasteiger partial charge on any atom is -0.453 e. The van der Waals surface area contributed by atoms with E-state index in [-0.39, 0.29) is 37.4 Å². The molecular formula is C27H31F3N6O5. The van der Waals surface area contributed by atoms with Gasteiger partial charge >= 0.3 is 12.3 Å². The van der Waals surface area contributed by atoms with Crippen LogP contribution >= 0.6 is 0 Å². The molecule has 1 aromatic carbocycles. The van der Waals surface area contributed by atoms with Crippen molar-refractivity contribution in [2.45, 2.75) is 44.4 Å². The number of aromatic nitrogens is 3. The van der Waals surface area contributed by atoms with Crippen LogP contribution in [0.25, 0.3) is 11.0 Å². The van der Waals surface area contributed by atoms with Crippen LogP contribution in [-0.4, -0.2) is 70.8 Å². The Morgan fingerprint density at radius 1 is 1.20 bits per heavy atom. The number of pyridine rings is 1. The molecule has 0 aliphatic rings. The van der Waals surface area contributed by atoms with E-state index >= 15 is 0 Å². The fraction of sp³-hybridized carbons (Fsp3) is 0.370. The second-order valence-corrected chi connectivity index (χ2v) is 9.36. The summed E-state index contributed by atoms with van der Waals surface area (Å²) in [5.74, 6) is -0.566. The number of alkyl carbamates (subject to hydrolysis) is 1. The van der Waals surface area contributed by atoms with Crippen molar-refractivity contribution in [3.05, 3.63) is 70.4 Å². The number of H-pyrrole nitrogens is 1. The van der Waals surface area contributed by atoms with Gasteiger partial charge in [-0.2, -0.15) is 13.2 Å². The van der Waals surface area contributed by atoms with E-state index in [0.29, 0.717) is 22.4 Å². The molecule has 3 amide bonds. The van der Waals surface area contributed by atoms with Crippen LogP contribution in [0.4, 0.5) is 23.7 Å². The lowest BCUT2D eigenvalue weighted by molar-refractivity contribution is -0.134. The highest BCUT2D eigenvalue weighted by Gasteiger charge is 2.27.